The molecule has 9 nitrogen and oxygen atoms in total. The van der Waals surface area contributed by atoms with E-state index in [1.807, 2.05) is 45.6 Å². The van der Waals surface area contributed by atoms with Gasteiger partial charge in [-0.1, -0.05) is 18.2 Å². The largest absolute Gasteiger partial charge is 0.388 e. The van der Waals surface area contributed by atoms with E-state index in [0.29, 0.717) is 18.9 Å². The first-order chi connectivity index (χ1) is 14.2. The molecule has 0 unspecified atom stereocenters. The molecule has 1 aliphatic heterocycles. The van der Waals surface area contributed by atoms with Gasteiger partial charge in [0, 0.05) is 44.5 Å². The minimum atomic E-state index is -0.133. The Bertz CT molecular complexity index is 980. The van der Waals surface area contributed by atoms with E-state index in [0.717, 1.165) is 49.1 Å². The number of piperidine rings is 1. The Balaban J connectivity index is 1.27. The summed E-state index contributed by atoms with van der Waals surface area (Å²) in [5, 5.41) is 26.1. The van der Waals surface area contributed by atoms with Gasteiger partial charge in [0.2, 0.25) is 0 Å². The summed E-state index contributed by atoms with van der Waals surface area (Å²) in [4.78, 5) is 14.5. The molecule has 0 radical (unpaired) electrons. The van der Waals surface area contributed by atoms with Crippen molar-refractivity contribution in [2.75, 3.05) is 19.6 Å². The van der Waals surface area contributed by atoms with Crippen LogP contribution in [0.2, 0.25) is 0 Å². The average Bonchev–Trinajstić information content (AvgIpc) is 3.34. The van der Waals surface area contributed by atoms with Crippen LogP contribution in [0.25, 0.3) is 10.9 Å². The van der Waals surface area contributed by atoms with E-state index in [9.17, 15) is 9.90 Å². The van der Waals surface area contributed by atoms with E-state index in [-0.39, 0.29) is 18.6 Å². The molecule has 0 bridgehead atoms. The molecule has 1 aromatic carbocycles. The number of fused-ring (bicyclic) bond motifs is 1. The number of urea groups is 1. The smallest absolute Gasteiger partial charge is 0.317 e. The highest BCUT2D eigenvalue weighted by Crippen LogP contribution is 2.25. The lowest BCUT2D eigenvalue weighted by molar-refractivity contribution is 0.177. The second kappa shape index (κ2) is 8.60. The summed E-state index contributed by atoms with van der Waals surface area (Å²) < 4.78 is 3.81. The van der Waals surface area contributed by atoms with Crippen molar-refractivity contribution in [3.05, 3.63) is 42.1 Å². The highest BCUT2D eigenvalue weighted by atomic mass is 16.3. The maximum absolute atomic E-state index is 12.6. The van der Waals surface area contributed by atoms with E-state index in [1.54, 1.807) is 0 Å². The monoisotopic (exact) mass is 397 g/mol. The molecule has 29 heavy (non-hydrogen) atoms. The van der Waals surface area contributed by atoms with E-state index >= 15 is 0 Å². The minimum Gasteiger partial charge on any atom is -0.388 e. The van der Waals surface area contributed by atoms with Crippen molar-refractivity contribution in [2.45, 2.75) is 38.3 Å². The number of likely N-dealkylation sites (tertiary alicyclic amines) is 1. The first kappa shape index (κ1) is 19.4. The number of hydrogen-bond donors (Lipinski definition) is 2. The number of nitrogens with zero attached hydrogens (tertiary/aromatic N) is 6. The zero-order valence-corrected chi connectivity index (χ0v) is 16.7. The van der Waals surface area contributed by atoms with E-state index in [2.05, 4.69) is 26.7 Å². The molecule has 2 N–H and O–H groups in total. The van der Waals surface area contributed by atoms with Crippen LogP contribution in [-0.2, 0) is 20.2 Å². The minimum absolute atomic E-state index is 0.0374. The van der Waals surface area contributed by atoms with Crippen molar-refractivity contribution < 1.29 is 9.90 Å². The molecule has 9 heteroatoms. The molecule has 0 saturated carbocycles. The summed E-state index contributed by atoms with van der Waals surface area (Å²) in [6.45, 7) is 2.60. The maximum atomic E-state index is 12.6. The normalized spacial score (nSPS) is 17.0. The van der Waals surface area contributed by atoms with Gasteiger partial charge >= 0.3 is 6.03 Å². The van der Waals surface area contributed by atoms with Crippen molar-refractivity contribution in [2.24, 2.45) is 7.05 Å². The number of rotatable bonds is 6. The molecule has 154 valence electrons. The second-order valence-corrected chi connectivity index (χ2v) is 7.49. The number of benzene rings is 1. The van der Waals surface area contributed by atoms with Crippen LogP contribution in [0.1, 0.15) is 36.8 Å². The topological polar surface area (TPSA) is 101 Å². The van der Waals surface area contributed by atoms with Gasteiger partial charge in [-0.2, -0.15) is 5.10 Å². The number of nitrogens with one attached hydrogen (secondary N) is 1. The molecular weight excluding hydrogens is 370 g/mol. The van der Waals surface area contributed by atoms with Gasteiger partial charge in [-0.15, -0.1) is 10.2 Å². The Kier molecular flexibility index (Phi) is 5.75. The second-order valence-electron chi connectivity index (χ2n) is 7.49. The maximum Gasteiger partial charge on any atom is 0.317 e. The Morgan fingerprint density at radius 2 is 2.17 bits per heavy atom. The molecule has 3 aromatic rings. The Morgan fingerprint density at radius 1 is 1.31 bits per heavy atom. The van der Waals surface area contributed by atoms with Crippen LogP contribution in [-0.4, -0.2) is 60.2 Å². The number of aliphatic hydroxyl groups excluding tert-OH is 1. The third kappa shape index (κ3) is 4.09. The third-order valence-corrected chi connectivity index (χ3v) is 5.59. The fraction of sp³-hybridized carbons (Fsp3) is 0.500. The van der Waals surface area contributed by atoms with Crippen molar-refractivity contribution >= 4 is 16.9 Å². The summed E-state index contributed by atoms with van der Waals surface area (Å²) in [5.74, 6) is 1.52. The lowest BCUT2D eigenvalue weighted by atomic mass is 9.97. The summed E-state index contributed by atoms with van der Waals surface area (Å²) in [6.07, 6.45) is 4.58. The predicted octanol–water partition coefficient (Wildman–Crippen LogP) is 1.64. The number of hydrogen-bond acceptors (Lipinski definition) is 5. The molecule has 1 saturated heterocycles. The number of carbonyl (C=O) groups excluding carboxylic acids is 1. The SMILES string of the molecule is Cn1c(CO)nnc1[C@@H]1CCCN(C(=O)NCCCn2ncc3ccccc32)C1. The number of aromatic nitrogens is 5. The molecule has 1 fully saturated rings. The first-order valence-electron chi connectivity index (χ1n) is 10.1. The fourth-order valence-corrected chi connectivity index (χ4v) is 3.98. The van der Waals surface area contributed by atoms with Crippen LogP contribution >= 0.6 is 0 Å². The lowest BCUT2D eigenvalue weighted by Gasteiger charge is -2.32. The molecule has 4 rings (SSSR count). The quantitative estimate of drug-likeness (QED) is 0.616. The number of aliphatic hydroxyl groups is 1. The summed E-state index contributed by atoms with van der Waals surface area (Å²) in [5.41, 5.74) is 1.11. The zero-order chi connectivity index (χ0) is 20.2. The van der Waals surface area contributed by atoms with Crippen LogP contribution in [0.5, 0.6) is 0 Å². The number of carbonyl (C=O) groups is 1. The van der Waals surface area contributed by atoms with Crippen molar-refractivity contribution in [1.29, 1.82) is 0 Å². The van der Waals surface area contributed by atoms with Crippen molar-refractivity contribution in [3.8, 4) is 0 Å². The average molecular weight is 397 g/mol. The van der Waals surface area contributed by atoms with Crippen LogP contribution in [0.4, 0.5) is 4.79 Å². The third-order valence-electron chi connectivity index (χ3n) is 5.59. The molecule has 0 spiro atoms. The van der Waals surface area contributed by atoms with Crippen LogP contribution < -0.4 is 5.32 Å². The van der Waals surface area contributed by atoms with Gasteiger partial charge in [-0.3, -0.25) is 4.68 Å². The number of aryl methyl sites for hydroxylation is 1. The predicted molar refractivity (Wildman–Crippen MR) is 108 cm³/mol. The van der Waals surface area contributed by atoms with Gasteiger partial charge in [0.25, 0.3) is 0 Å². The summed E-state index contributed by atoms with van der Waals surface area (Å²) >= 11 is 0. The van der Waals surface area contributed by atoms with E-state index in [1.165, 1.54) is 0 Å². The van der Waals surface area contributed by atoms with Crippen molar-refractivity contribution in [3.63, 3.8) is 0 Å². The van der Waals surface area contributed by atoms with Gasteiger partial charge < -0.3 is 19.9 Å². The van der Waals surface area contributed by atoms with Crippen LogP contribution in [0.3, 0.4) is 0 Å². The summed E-state index contributed by atoms with van der Waals surface area (Å²) in [7, 11) is 1.86. The molecule has 1 atom stereocenters. The molecule has 0 aliphatic carbocycles. The highest BCUT2D eigenvalue weighted by Gasteiger charge is 2.28. The highest BCUT2D eigenvalue weighted by molar-refractivity contribution is 5.78. The van der Waals surface area contributed by atoms with Gasteiger partial charge in [-0.25, -0.2) is 4.79 Å². The van der Waals surface area contributed by atoms with E-state index in [4.69, 9.17) is 0 Å². The summed E-state index contributed by atoms with van der Waals surface area (Å²) in [6, 6.07) is 8.09. The fourth-order valence-electron chi connectivity index (χ4n) is 3.98. The van der Waals surface area contributed by atoms with Gasteiger partial charge in [-0.05, 0) is 25.3 Å². The van der Waals surface area contributed by atoms with Gasteiger partial charge in [0.1, 0.15) is 12.4 Å². The first-order valence-corrected chi connectivity index (χ1v) is 10.1. The zero-order valence-electron chi connectivity index (χ0n) is 16.7. The molecule has 1 aliphatic rings. The van der Waals surface area contributed by atoms with Crippen LogP contribution in [0.15, 0.2) is 30.5 Å². The Morgan fingerprint density at radius 3 is 3.00 bits per heavy atom. The Hall–Kier alpha value is -2.94. The van der Waals surface area contributed by atoms with Gasteiger partial charge in [0.05, 0.1) is 11.7 Å². The molecule has 3 heterocycles. The molecule has 2 amide bonds. The molecular formula is C20H27N7O2. The molecule has 2 aromatic heterocycles. The number of para-hydroxylation sites is 1. The van der Waals surface area contributed by atoms with Crippen LogP contribution in [0, 0.1) is 0 Å². The number of amides is 2. The standard InChI is InChI=1S/C20H27N7O2/c1-25-18(14-28)23-24-19(25)16-7-4-10-26(13-16)20(29)21-9-5-11-27-17-8-3-2-6-15(17)12-22-27/h2-3,6,8,12,16,28H,4-5,7,9-11,13-14H2,1H3,(H,21,29)/t16-/m1/s1. The van der Waals surface area contributed by atoms with E-state index < -0.39 is 0 Å². The Labute approximate surface area is 169 Å². The van der Waals surface area contributed by atoms with Gasteiger partial charge in [0.15, 0.2) is 5.82 Å². The lowest BCUT2D eigenvalue weighted by Crippen LogP contribution is -2.45. The van der Waals surface area contributed by atoms with Crippen molar-refractivity contribution in [1.82, 2.24) is 34.8 Å².